The molecule has 5 nitrogen and oxygen atoms in total. The van der Waals surface area contributed by atoms with Crippen LogP contribution in [0.25, 0.3) is 0 Å². The first kappa shape index (κ1) is 21.9. The van der Waals surface area contributed by atoms with Gasteiger partial charge in [-0.2, -0.15) is 4.91 Å². The van der Waals surface area contributed by atoms with Gasteiger partial charge in [-0.15, -0.1) is 0 Å². The van der Waals surface area contributed by atoms with E-state index in [-0.39, 0.29) is 29.6 Å². The third kappa shape index (κ3) is 4.21. The van der Waals surface area contributed by atoms with E-state index in [1.54, 1.807) is 0 Å². The van der Waals surface area contributed by atoms with Crippen LogP contribution in [0.1, 0.15) is 84.5 Å². The molecule has 5 heteroatoms. The van der Waals surface area contributed by atoms with Crippen LogP contribution in [0.5, 0.6) is 0 Å². The zero-order chi connectivity index (χ0) is 20.3. The van der Waals surface area contributed by atoms with Gasteiger partial charge in [0.15, 0.2) is 0 Å². The minimum absolute atomic E-state index is 0.167. The van der Waals surface area contributed by atoms with Gasteiger partial charge in [0.1, 0.15) is 6.29 Å². The van der Waals surface area contributed by atoms with Crippen molar-refractivity contribution in [3.05, 3.63) is 4.91 Å². The van der Waals surface area contributed by atoms with Crippen molar-refractivity contribution < 1.29 is 15.0 Å². The summed E-state index contributed by atoms with van der Waals surface area (Å²) in [6.45, 7) is 4.45. The van der Waals surface area contributed by atoms with Gasteiger partial charge in [-0.25, -0.2) is 0 Å². The molecule has 0 aromatic carbocycles. The highest BCUT2D eigenvalue weighted by molar-refractivity contribution is 5.49. The summed E-state index contributed by atoms with van der Waals surface area (Å²) in [5, 5.41) is 24.7. The van der Waals surface area contributed by atoms with E-state index in [4.69, 9.17) is 0 Å². The Bertz CT molecular complexity index is 541. The van der Waals surface area contributed by atoms with E-state index < -0.39 is 0 Å². The SMILES string of the molecule is CC(CCC=O)C1CCC2C(C(O)CC3CCCC(O)C3)CCC(N=O)C12C. The topological polar surface area (TPSA) is 87.0 Å². The Kier molecular flexibility index (Phi) is 7.30. The fraction of sp³-hybridized carbons (Fsp3) is 0.957. The summed E-state index contributed by atoms with van der Waals surface area (Å²) in [5.74, 6) is 1.76. The molecule has 0 bridgehead atoms. The molecule has 3 fully saturated rings. The molecular formula is C23H39NO4. The number of nitrogens with zero attached hydrogens (tertiary/aromatic N) is 1. The standard InChI is InChI=1S/C23H39NO4/c1-15(5-4-12-25)19-9-10-20-18(8-11-22(24-28)23(19,20)2)21(27)14-16-6-3-7-17(26)13-16/h12,15-22,26-27H,3-11,13-14H2,1-2H3. The molecule has 28 heavy (non-hydrogen) atoms. The van der Waals surface area contributed by atoms with Gasteiger partial charge in [0.05, 0.1) is 18.2 Å². The quantitative estimate of drug-likeness (QED) is 0.470. The molecule has 0 saturated heterocycles. The molecule has 0 amide bonds. The van der Waals surface area contributed by atoms with Crippen LogP contribution in [0.2, 0.25) is 0 Å². The van der Waals surface area contributed by atoms with Crippen LogP contribution in [0, 0.1) is 39.9 Å². The normalized spacial score (nSPS) is 43.1. The van der Waals surface area contributed by atoms with E-state index in [1.807, 2.05) is 0 Å². The lowest BCUT2D eigenvalue weighted by Crippen LogP contribution is -2.50. The highest BCUT2D eigenvalue weighted by Crippen LogP contribution is 2.61. The Morgan fingerprint density at radius 2 is 1.96 bits per heavy atom. The highest BCUT2D eigenvalue weighted by Gasteiger charge is 2.58. The second kappa shape index (κ2) is 9.34. The predicted molar refractivity (Wildman–Crippen MR) is 110 cm³/mol. The number of aliphatic hydroxyl groups is 2. The maximum Gasteiger partial charge on any atom is 0.120 e. The van der Waals surface area contributed by atoms with E-state index in [1.165, 1.54) is 0 Å². The summed E-state index contributed by atoms with van der Waals surface area (Å²) < 4.78 is 0. The van der Waals surface area contributed by atoms with Crippen molar-refractivity contribution in [1.82, 2.24) is 0 Å². The van der Waals surface area contributed by atoms with Crippen molar-refractivity contribution >= 4 is 6.29 Å². The van der Waals surface area contributed by atoms with Gasteiger partial charge in [0, 0.05) is 6.42 Å². The summed E-state index contributed by atoms with van der Waals surface area (Å²) >= 11 is 0. The minimum Gasteiger partial charge on any atom is -0.393 e. The molecule has 2 N–H and O–H groups in total. The van der Waals surface area contributed by atoms with Crippen molar-refractivity contribution in [2.75, 3.05) is 0 Å². The largest absolute Gasteiger partial charge is 0.393 e. The number of hydrogen-bond donors (Lipinski definition) is 2. The fourth-order valence-electron chi connectivity index (χ4n) is 7.34. The molecule has 3 rings (SSSR count). The van der Waals surface area contributed by atoms with Gasteiger partial charge < -0.3 is 15.0 Å². The Balaban J connectivity index is 1.73. The van der Waals surface area contributed by atoms with Crippen molar-refractivity contribution in [2.45, 2.75) is 103 Å². The van der Waals surface area contributed by atoms with Crippen LogP contribution >= 0.6 is 0 Å². The molecule has 0 radical (unpaired) electrons. The smallest absolute Gasteiger partial charge is 0.120 e. The van der Waals surface area contributed by atoms with Crippen LogP contribution in [-0.2, 0) is 4.79 Å². The number of hydrogen-bond acceptors (Lipinski definition) is 5. The van der Waals surface area contributed by atoms with Crippen LogP contribution < -0.4 is 0 Å². The van der Waals surface area contributed by atoms with Crippen molar-refractivity contribution in [2.24, 2.45) is 40.2 Å². The van der Waals surface area contributed by atoms with Crippen LogP contribution in [-0.4, -0.2) is 34.7 Å². The van der Waals surface area contributed by atoms with Crippen LogP contribution in [0.15, 0.2) is 5.18 Å². The van der Waals surface area contributed by atoms with Gasteiger partial charge in [0.2, 0.25) is 0 Å². The third-order valence-corrected chi connectivity index (χ3v) is 8.77. The molecule has 9 unspecified atom stereocenters. The molecule has 160 valence electrons. The third-order valence-electron chi connectivity index (χ3n) is 8.77. The lowest BCUT2D eigenvalue weighted by atomic mass is 9.55. The predicted octanol–water partition coefficient (Wildman–Crippen LogP) is 4.48. The van der Waals surface area contributed by atoms with Crippen molar-refractivity contribution in [3.63, 3.8) is 0 Å². The summed E-state index contributed by atoms with van der Waals surface area (Å²) in [6, 6.07) is -0.177. The average molecular weight is 394 g/mol. The second-order valence-corrected chi connectivity index (χ2v) is 10.2. The number of carbonyl (C=O) groups excluding carboxylic acids is 1. The van der Waals surface area contributed by atoms with Crippen molar-refractivity contribution in [3.8, 4) is 0 Å². The number of aliphatic hydroxyl groups excluding tert-OH is 2. The Morgan fingerprint density at radius 3 is 2.64 bits per heavy atom. The average Bonchev–Trinajstić information content (AvgIpc) is 3.03. The van der Waals surface area contributed by atoms with E-state index in [9.17, 15) is 19.9 Å². The van der Waals surface area contributed by atoms with Gasteiger partial charge in [-0.3, -0.25) is 0 Å². The summed E-state index contributed by atoms with van der Waals surface area (Å²) in [4.78, 5) is 22.6. The van der Waals surface area contributed by atoms with E-state index >= 15 is 0 Å². The molecular weight excluding hydrogens is 354 g/mol. The van der Waals surface area contributed by atoms with Crippen LogP contribution in [0.3, 0.4) is 0 Å². The Morgan fingerprint density at radius 1 is 1.18 bits per heavy atom. The Hall–Kier alpha value is -0.810. The number of carbonyl (C=O) groups is 1. The molecule has 3 saturated carbocycles. The molecule has 9 atom stereocenters. The molecule has 0 spiro atoms. The van der Waals surface area contributed by atoms with Gasteiger partial charge in [-0.1, -0.05) is 31.9 Å². The lowest BCUT2D eigenvalue weighted by molar-refractivity contribution is -0.108. The minimum atomic E-state index is -0.351. The zero-order valence-electron chi connectivity index (χ0n) is 17.6. The second-order valence-electron chi connectivity index (χ2n) is 10.2. The maximum absolute atomic E-state index is 11.7. The maximum atomic E-state index is 11.7. The first-order valence-corrected chi connectivity index (χ1v) is 11.5. The monoisotopic (exact) mass is 393 g/mol. The zero-order valence-corrected chi connectivity index (χ0v) is 17.6. The Labute approximate surface area is 169 Å². The van der Waals surface area contributed by atoms with Crippen molar-refractivity contribution in [1.29, 1.82) is 0 Å². The molecule has 0 aromatic heterocycles. The number of nitroso groups, excluding NO2 is 1. The van der Waals surface area contributed by atoms with Gasteiger partial charge >= 0.3 is 0 Å². The summed E-state index contributed by atoms with van der Waals surface area (Å²) in [6.07, 6.45) is 10.3. The molecule has 3 aliphatic rings. The molecule has 0 heterocycles. The van der Waals surface area contributed by atoms with Gasteiger partial charge in [0.25, 0.3) is 0 Å². The lowest BCUT2D eigenvalue weighted by Gasteiger charge is -2.50. The number of aldehydes is 1. The van der Waals surface area contributed by atoms with Crippen LogP contribution in [0.4, 0.5) is 0 Å². The van der Waals surface area contributed by atoms with E-state index in [0.29, 0.717) is 30.1 Å². The van der Waals surface area contributed by atoms with Gasteiger partial charge in [-0.05, 0) is 86.4 Å². The first-order chi connectivity index (χ1) is 13.4. The van der Waals surface area contributed by atoms with E-state index in [0.717, 1.165) is 70.5 Å². The first-order valence-electron chi connectivity index (χ1n) is 11.5. The molecule has 3 aliphatic carbocycles. The summed E-state index contributed by atoms with van der Waals surface area (Å²) in [7, 11) is 0. The number of fused-ring (bicyclic) bond motifs is 1. The van der Waals surface area contributed by atoms with E-state index in [2.05, 4.69) is 19.0 Å². The molecule has 0 aliphatic heterocycles. The summed E-state index contributed by atoms with van der Waals surface area (Å²) in [5.41, 5.74) is -0.167. The molecule has 0 aromatic rings. The number of rotatable bonds is 8. The fourth-order valence-corrected chi connectivity index (χ4v) is 7.34. The highest BCUT2D eigenvalue weighted by atomic mass is 16.3.